The van der Waals surface area contributed by atoms with Gasteiger partial charge in [-0.15, -0.1) is 0 Å². The van der Waals surface area contributed by atoms with Crippen molar-refractivity contribution in [1.29, 1.82) is 0 Å². The topological polar surface area (TPSA) is 30.5 Å². The molecular formula is C18H31NO2. The van der Waals surface area contributed by atoms with E-state index in [0.29, 0.717) is 6.04 Å². The molecule has 0 saturated carbocycles. The van der Waals surface area contributed by atoms with Crippen LogP contribution in [0.15, 0.2) is 18.2 Å². The van der Waals surface area contributed by atoms with E-state index in [2.05, 4.69) is 46.0 Å². The lowest BCUT2D eigenvalue weighted by Gasteiger charge is -2.23. The van der Waals surface area contributed by atoms with Gasteiger partial charge in [0.1, 0.15) is 11.5 Å². The normalized spacial score (nSPS) is 13.0. The molecule has 0 radical (unpaired) electrons. The Kier molecular flexibility index (Phi) is 7.03. The van der Waals surface area contributed by atoms with Crippen LogP contribution in [-0.2, 0) is 5.41 Å². The van der Waals surface area contributed by atoms with Crippen molar-refractivity contribution in [3.05, 3.63) is 23.8 Å². The van der Waals surface area contributed by atoms with Crippen LogP contribution in [0.1, 0.15) is 53.0 Å². The van der Waals surface area contributed by atoms with Gasteiger partial charge in [-0.25, -0.2) is 0 Å². The summed E-state index contributed by atoms with van der Waals surface area (Å²) >= 11 is 0. The van der Waals surface area contributed by atoms with E-state index in [1.54, 1.807) is 7.11 Å². The fourth-order valence-corrected chi connectivity index (χ4v) is 2.37. The summed E-state index contributed by atoms with van der Waals surface area (Å²) in [7, 11) is 1.70. The number of ether oxygens (including phenoxy) is 2. The van der Waals surface area contributed by atoms with Crippen LogP contribution in [0.4, 0.5) is 0 Å². The lowest BCUT2D eigenvalue weighted by atomic mass is 9.86. The molecule has 0 spiro atoms. The smallest absolute Gasteiger partial charge is 0.123 e. The summed E-state index contributed by atoms with van der Waals surface area (Å²) in [5.74, 6) is 1.85. The van der Waals surface area contributed by atoms with Gasteiger partial charge in [-0.05, 0) is 49.9 Å². The second-order valence-corrected chi connectivity index (χ2v) is 6.56. The minimum Gasteiger partial charge on any atom is -0.497 e. The minimum absolute atomic E-state index is 0.0426. The third-order valence-corrected chi connectivity index (χ3v) is 3.59. The zero-order valence-corrected chi connectivity index (χ0v) is 14.5. The van der Waals surface area contributed by atoms with Crippen molar-refractivity contribution < 1.29 is 9.47 Å². The van der Waals surface area contributed by atoms with Gasteiger partial charge in [0.15, 0.2) is 0 Å². The van der Waals surface area contributed by atoms with E-state index in [-0.39, 0.29) is 5.41 Å². The standard InChI is InChI=1S/C18H31NO2/c1-7-19-14(2)9-8-12-21-17-11-10-15(20-6)13-16(17)18(3,4)5/h10-11,13-14,19H,7-9,12H2,1-6H3. The molecule has 0 aromatic heterocycles. The van der Waals surface area contributed by atoms with Crippen LogP contribution in [0.2, 0.25) is 0 Å². The number of hydrogen-bond acceptors (Lipinski definition) is 3. The summed E-state index contributed by atoms with van der Waals surface area (Å²) in [4.78, 5) is 0. The number of rotatable bonds is 8. The molecule has 0 fully saturated rings. The van der Waals surface area contributed by atoms with E-state index < -0.39 is 0 Å². The highest BCUT2D eigenvalue weighted by molar-refractivity contribution is 5.44. The van der Waals surface area contributed by atoms with Gasteiger partial charge in [0.25, 0.3) is 0 Å². The Labute approximate surface area is 130 Å². The molecule has 1 N–H and O–H groups in total. The predicted octanol–water partition coefficient (Wildman–Crippen LogP) is 4.15. The fraction of sp³-hybridized carbons (Fsp3) is 0.667. The third kappa shape index (κ3) is 5.96. The van der Waals surface area contributed by atoms with Crippen LogP contribution in [0, 0.1) is 0 Å². The molecule has 3 nitrogen and oxygen atoms in total. The average Bonchev–Trinajstić information content (AvgIpc) is 2.43. The van der Waals surface area contributed by atoms with Gasteiger partial charge in [0, 0.05) is 11.6 Å². The van der Waals surface area contributed by atoms with E-state index >= 15 is 0 Å². The van der Waals surface area contributed by atoms with Crippen molar-refractivity contribution in [3.8, 4) is 11.5 Å². The summed E-state index contributed by atoms with van der Waals surface area (Å²) in [5, 5.41) is 3.42. The molecule has 1 aromatic rings. The first kappa shape index (κ1) is 17.8. The van der Waals surface area contributed by atoms with Crippen LogP contribution >= 0.6 is 0 Å². The molecule has 21 heavy (non-hydrogen) atoms. The monoisotopic (exact) mass is 293 g/mol. The Morgan fingerprint density at radius 1 is 1.24 bits per heavy atom. The molecule has 3 heteroatoms. The van der Waals surface area contributed by atoms with E-state index in [1.165, 1.54) is 5.56 Å². The molecule has 1 atom stereocenters. The van der Waals surface area contributed by atoms with Gasteiger partial charge in [0.2, 0.25) is 0 Å². The number of benzene rings is 1. The molecule has 1 unspecified atom stereocenters. The van der Waals surface area contributed by atoms with Crippen molar-refractivity contribution in [1.82, 2.24) is 5.32 Å². The molecular weight excluding hydrogens is 262 g/mol. The first-order chi connectivity index (χ1) is 9.88. The average molecular weight is 293 g/mol. The number of methoxy groups -OCH3 is 1. The van der Waals surface area contributed by atoms with Crippen LogP contribution in [0.3, 0.4) is 0 Å². The Hall–Kier alpha value is -1.22. The Morgan fingerprint density at radius 3 is 2.52 bits per heavy atom. The van der Waals surface area contributed by atoms with Gasteiger partial charge in [-0.2, -0.15) is 0 Å². The maximum atomic E-state index is 6.01. The highest BCUT2D eigenvalue weighted by Crippen LogP contribution is 2.34. The summed E-state index contributed by atoms with van der Waals surface area (Å²) in [6, 6.07) is 6.62. The molecule has 0 aliphatic rings. The Bertz CT molecular complexity index is 424. The van der Waals surface area contributed by atoms with Crippen LogP contribution in [-0.4, -0.2) is 26.3 Å². The zero-order chi connectivity index (χ0) is 15.9. The molecule has 0 heterocycles. The molecule has 1 aromatic carbocycles. The second-order valence-electron chi connectivity index (χ2n) is 6.56. The SMILES string of the molecule is CCNC(C)CCCOc1ccc(OC)cc1C(C)(C)C. The van der Waals surface area contributed by atoms with Crippen LogP contribution < -0.4 is 14.8 Å². The highest BCUT2D eigenvalue weighted by Gasteiger charge is 2.20. The van der Waals surface area contributed by atoms with Crippen molar-refractivity contribution >= 4 is 0 Å². The number of nitrogens with one attached hydrogen (secondary N) is 1. The zero-order valence-electron chi connectivity index (χ0n) is 14.5. The molecule has 0 saturated heterocycles. The lowest BCUT2D eigenvalue weighted by molar-refractivity contribution is 0.290. The van der Waals surface area contributed by atoms with E-state index in [4.69, 9.17) is 9.47 Å². The molecule has 0 aliphatic carbocycles. The summed E-state index contributed by atoms with van der Waals surface area (Å²) < 4.78 is 11.3. The summed E-state index contributed by atoms with van der Waals surface area (Å²) in [6.07, 6.45) is 2.19. The molecule has 0 bridgehead atoms. The van der Waals surface area contributed by atoms with Crippen LogP contribution in [0.5, 0.6) is 11.5 Å². The fourth-order valence-electron chi connectivity index (χ4n) is 2.37. The van der Waals surface area contributed by atoms with Crippen molar-refractivity contribution in [2.45, 2.75) is 58.9 Å². The molecule has 120 valence electrons. The third-order valence-electron chi connectivity index (χ3n) is 3.59. The van der Waals surface area contributed by atoms with Crippen LogP contribution in [0.25, 0.3) is 0 Å². The largest absolute Gasteiger partial charge is 0.497 e. The van der Waals surface area contributed by atoms with E-state index in [9.17, 15) is 0 Å². The van der Waals surface area contributed by atoms with Crippen molar-refractivity contribution in [3.63, 3.8) is 0 Å². The Balaban J connectivity index is 2.62. The van der Waals surface area contributed by atoms with Gasteiger partial charge in [-0.1, -0.05) is 27.7 Å². The molecule has 0 amide bonds. The highest BCUT2D eigenvalue weighted by atomic mass is 16.5. The Morgan fingerprint density at radius 2 is 1.95 bits per heavy atom. The maximum absolute atomic E-state index is 6.01. The van der Waals surface area contributed by atoms with Crippen molar-refractivity contribution in [2.75, 3.05) is 20.3 Å². The van der Waals surface area contributed by atoms with E-state index in [0.717, 1.165) is 37.5 Å². The maximum Gasteiger partial charge on any atom is 0.123 e. The first-order valence-corrected chi connectivity index (χ1v) is 7.93. The summed E-state index contributed by atoms with van der Waals surface area (Å²) in [5.41, 5.74) is 1.24. The van der Waals surface area contributed by atoms with Gasteiger partial charge < -0.3 is 14.8 Å². The molecule has 0 aliphatic heterocycles. The second kappa shape index (κ2) is 8.28. The number of hydrogen-bond donors (Lipinski definition) is 1. The van der Waals surface area contributed by atoms with E-state index in [1.807, 2.05) is 12.1 Å². The minimum atomic E-state index is 0.0426. The van der Waals surface area contributed by atoms with Gasteiger partial charge >= 0.3 is 0 Å². The van der Waals surface area contributed by atoms with Crippen molar-refractivity contribution in [2.24, 2.45) is 0 Å². The van der Waals surface area contributed by atoms with Gasteiger partial charge in [-0.3, -0.25) is 0 Å². The predicted molar refractivity (Wildman–Crippen MR) is 89.6 cm³/mol. The quantitative estimate of drug-likeness (QED) is 0.730. The van der Waals surface area contributed by atoms with Gasteiger partial charge in [0.05, 0.1) is 13.7 Å². The first-order valence-electron chi connectivity index (χ1n) is 7.93. The lowest BCUT2D eigenvalue weighted by Crippen LogP contribution is -2.25. The summed E-state index contributed by atoms with van der Waals surface area (Å²) in [6.45, 7) is 12.7. The molecule has 1 rings (SSSR count).